The number of hydrogen-bond donors (Lipinski definition) is 0. The number of hydrogen-bond acceptors (Lipinski definition) is 2. The largest absolute Gasteiger partial charge is 0.345 e. The monoisotopic (exact) mass is 356 g/mol. The highest BCUT2D eigenvalue weighted by atomic mass is 16.2. The molecule has 2 fully saturated rings. The zero-order valence-corrected chi connectivity index (χ0v) is 16.0. The first kappa shape index (κ1) is 18.9. The summed E-state index contributed by atoms with van der Waals surface area (Å²) in [6, 6.07) is 10.3. The van der Waals surface area contributed by atoms with Crippen LogP contribution in [0.5, 0.6) is 0 Å². The fraction of sp³-hybridized carbons (Fsp3) is 0.636. The highest BCUT2D eigenvalue weighted by Gasteiger charge is 2.39. The molecule has 1 heterocycles. The van der Waals surface area contributed by atoms with Crippen LogP contribution in [0.4, 0.5) is 0 Å². The van der Waals surface area contributed by atoms with Gasteiger partial charge in [-0.1, -0.05) is 49.6 Å². The Balaban J connectivity index is 1.71. The molecule has 0 spiro atoms. The average molecular weight is 357 g/mol. The van der Waals surface area contributed by atoms with Gasteiger partial charge in [-0.25, -0.2) is 0 Å². The van der Waals surface area contributed by atoms with Gasteiger partial charge in [-0.15, -0.1) is 0 Å². The SMILES string of the molecule is CN1CCCCCCN(C(=O)CCc2ccccc2)[C@H]2CCC[C@H]2C1=O. The highest BCUT2D eigenvalue weighted by molar-refractivity contribution is 5.82. The van der Waals surface area contributed by atoms with E-state index in [9.17, 15) is 9.59 Å². The Morgan fingerprint density at radius 3 is 2.50 bits per heavy atom. The van der Waals surface area contributed by atoms with E-state index in [2.05, 4.69) is 17.0 Å². The van der Waals surface area contributed by atoms with Crippen LogP contribution >= 0.6 is 0 Å². The lowest BCUT2D eigenvalue weighted by Gasteiger charge is -2.34. The molecule has 0 N–H and O–H groups in total. The van der Waals surface area contributed by atoms with Crippen LogP contribution in [0.1, 0.15) is 56.9 Å². The Kier molecular flexibility index (Phi) is 6.70. The number of fused-ring (bicyclic) bond motifs is 1. The van der Waals surface area contributed by atoms with Crippen molar-refractivity contribution in [3.63, 3.8) is 0 Å². The number of rotatable bonds is 3. The van der Waals surface area contributed by atoms with Gasteiger partial charge in [0.1, 0.15) is 0 Å². The lowest BCUT2D eigenvalue weighted by molar-refractivity contribution is -0.140. The zero-order chi connectivity index (χ0) is 18.4. The number of nitrogens with zero attached hydrogens (tertiary/aromatic N) is 2. The molecule has 0 unspecified atom stereocenters. The van der Waals surface area contributed by atoms with E-state index in [-0.39, 0.29) is 23.8 Å². The summed E-state index contributed by atoms with van der Waals surface area (Å²) >= 11 is 0. The van der Waals surface area contributed by atoms with Crippen LogP contribution in [0.15, 0.2) is 30.3 Å². The summed E-state index contributed by atoms with van der Waals surface area (Å²) in [5.74, 6) is 0.467. The van der Waals surface area contributed by atoms with Crippen LogP contribution in [0.3, 0.4) is 0 Å². The van der Waals surface area contributed by atoms with Gasteiger partial charge in [-0.3, -0.25) is 9.59 Å². The van der Waals surface area contributed by atoms with E-state index in [0.717, 1.165) is 64.5 Å². The Hall–Kier alpha value is -1.84. The van der Waals surface area contributed by atoms with Gasteiger partial charge in [0.25, 0.3) is 0 Å². The summed E-state index contributed by atoms with van der Waals surface area (Å²) in [5, 5.41) is 0. The van der Waals surface area contributed by atoms with Crippen LogP contribution < -0.4 is 0 Å². The minimum absolute atomic E-state index is 0.00113. The van der Waals surface area contributed by atoms with Crippen LogP contribution in [-0.2, 0) is 16.0 Å². The second-order valence-electron chi connectivity index (χ2n) is 7.85. The number of amides is 2. The quantitative estimate of drug-likeness (QED) is 0.829. The van der Waals surface area contributed by atoms with Crippen molar-refractivity contribution in [1.82, 2.24) is 9.80 Å². The minimum Gasteiger partial charge on any atom is -0.345 e. The summed E-state index contributed by atoms with van der Waals surface area (Å²) in [7, 11) is 1.93. The first-order valence-electron chi connectivity index (χ1n) is 10.2. The highest BCUT2D eigenvalue weighted by Crippen LogP contribution is 2.32. The number of carbonyl (C=O) groups is 2. The fourth-order valence-electron chi connectivity index (χ4n) is 4.49. The third-order valence-electron chi connectivity index (χ3n) is 6.01. The van der Waals surface area contributed by atoms with E-state index in [1.807, 2.05) is 30.1 Å². The predicted molar refractivity (Wildman–Crippen MR) is 104 cm³/mol. The maximum absolute atomic E-state index is 13.1. The third kappa shape index (κ3) is 4.66. The van der Waals surface area contributed by atoms with Crippen molar-refractivity contribution < 1.29 is 9.59 Å². The van der Waals surface area contributed by atoms with Crippen molar-refractivity contribution in [2.24, 2.45) is 5.92 Å². The van der Waals surface area contributed by atoms with Gasteiger partial charge in [-0.05, 0) is 37.7 Å². The molecule has 0 radical (unpaired) electrons. The maximum Gasteiger partial charge on any atom is 0.227 e. The Morgan fingerprint density at radius 1 is 1.00 bits per heavy atom. The fourth-order valence-corrected chi connectivity index (χ4v) is 4.49. The molecule has 1 aromatic carbocycles. The van der Waals surface area contributed by atoms with E-state index in [1.54, 1.807) is 0 Å². The van der Waals surface area contributed by atoms with Gasteiger partial charge in [0.2, 0.25) is 11.8 Å². The molecule has 1 saturated heterocycles. The van der Waals surface area contributed by atoms with E-state index in [1.165, 1.54) is 5.56 Å². The van der Waals surface area contributed by atoms with Crippen molar-refractivity contribution >= 4 is 11.8 Å². The molecule has 1 aliphatic heterocycles. The molecule has 1 saturated carbocycles. The topological polar surface area (TPSA) is 40.6 Å². The maximum atomic E-state index is 13.1. The molecule has 1 aliphatic carbocycles. The molecule has 0 aromatic heterocycles. The van der Waals surface area contributed by atoms with E-state index in [4.69, 9.17) is 0 Å². The molecular formula is C22H32N2O2. The normalized spacial score (nSPS) is 24.9. The van der Waals surface area contributed by atoms with E-state index >= 15 is 0 Å². The smallest absolute Gasteiger partial charge is 0.227 e. The van der Waals surface area contributed by atoms with Crippen LogP contribution in [0.2, 0.25) is 0 Å². The lowest BCUT2D eigenvalue weighted by atomic mass is 9.99. The van der Waals surface area contributed by atoms with Crippen molar-refractivity contribution in [3.8, 4) is 0 Å². The molecule has 2 amide bonds. The lowest BCUT2D eigenvalue weighted by Crippen LogP contribution is -2.47. The standard InChI is InChI=1S/C22H32N2O2/c1-23-16-7-2-3-8-17-24(20-13-9-12-19(20)22(23)26)21(25)15-14-18-10-5-4-6-11-18/h4-6,10-11,19-20H,2-3,7-9,12-17H2,1H3/t19-,20+/m1/s1. The van der Waals surface area contributed by atoms with Gasteiger partial charge < -0.3 is 9.80 Å². The molecule has 4 heteroatoms. The van der Waals surface area contributed by atoms with Crippen LogP contribution in [0.25, 0.3) is 0 Å². The molecule has 142 valence electrons. The zero-order valence-electron chi connectivity index (χ0n) is 16.0. The second kappa shape index (κ2) is 9.20. The molecular weight excluding hydrogens is 324 g/mol. The van der Waals surface area contributed by atoms with Gasteiger partial charge in [0.05, 0.1) is 5.92 Å². The Morgan fingerprint density at radius 2 is 1.73 bits per heavy atom. The van der Waals surface area contributed by atoms with Crippen molar-refractivity contribution in [3.05, 3.63) is 35.9 Å². The van der Waals surface area contributed by atoms with Gasteiger partial charge in [0.15, 0.2) is 0 Å². The summed E-state index contributed by atoms with van der Waals surface area (Å²) in [6.07, 6.45) is 8.67. The summed E-state index contributed by atoms with van der Waals surface area (Å²) in [5.41, 5.74) is 1.21. The third-order valence-corrected chi connectivity index (χ3v) is 6.01. The molecule has 4 nitrogen and oxygen atoms in total. The minimum atomic E-state index is -0.00113. The van der Waals surface area contributed by atoms with E-state index in [0.29, 0.717) is 6.42 Å². The van der Waals surface area contributed by atoms with Crippen LogP contribution in [0, 0.1) is 5.92 Å². The second-order valence-corrected chi connectivity index (χ2v) is 7.85. The Labute approximate surface area is 157 Å². The predicted octanol–water partition coefficient (Wildman–Crippen LogP) is 3.65. The average Bonchev–Trinajstić information content (AvgIpc) is 3.13. The molecule has 26 heavy (non-hydrogen) atoms. The van der Waals surface area contributed by atoms with Crippen molar-refractivity contribution in [2.75, 3.05) is 20.1 Å². The van der Waals surface area contributed by atoms with Crippen LogP contribution in [-0.4, -0.2) is 47.8 Å². The molecule has 2 aliphatic rings. The van der Waals surface area contributed by atoms with Gasteiger partial charge in [0, 0.05) is 32.6 Å². The molecule has 2 atom stereocenters. The van der Waals surface area contributed by atoms with Crippen molar-refractivity contribution in [2.45, 2.75) is 63.8 Å². The number of aryl methyl sites for hydroxylation is 1. The van der Waals surface area contributed by atoms with Gasteiger partial charge >= 0.3 is 0 Å². The Bertz CT molecular complexity index is 601. The summed E-state index contributed by atoms with van der Waals surface area (Å²) in [4.78, 5) is 29.9. The first-order chi connectivity index (χ1) is 12.7. The molecule has 3 rings (SSSR count). The number of benzene rings is 1. The number of carbonyl (C=O) groups excluding carboxylic acids is 2. The van der Waals surface area contributed by atoms with E-state index < -0.39 is 0 Å². The summed E-state index contributed by atoms with van der Waals surface area (Å²) < 4.78 is 0. The molecule has 1 aromatic rings. The first-order valence-corrected chi connectivity index (χ1v) is 10.2. The molecule has 0 bridgehead atoms. The summed E-state index contributed by atoms with van der Waals surface area (Å²) in [6.45, 7) is 1.66. The van der Waals surface area contributed by atoms with Gasteiger partial charge in [-0.2, -0.15) is 0 Å². The van der Waals surface area contributed by atoms with Crippen molar-refractivity contribution in [1.29, 1.82) is 0 Å².